The molecular formula is C14H11ClF3NS. The van der Waals surface area contributed by atoms with E-state index in [2.05, 4.69) is 4.98 Å². The van der Waals surface area contributed by atoms with Gasteiger partial charge in [-0.05, 0) is 17.9 Å². The van der Waals surface area contributed by atoms with Gasteiger partial charge in [-0.3, -0.25) is 4.98 Å². The van der Waals surface area contributed by atoms with Crippen LogP contribution in [0.2, 0.25) is 5.02 Å². The number of alkyl halides is 3. The number of rotatable bonds is 3. The molecule has 0 radical (unpaired) electrons. The van der Waals surface area contributed by atoms with E-state index in [-0.39, 0.29) is 5.02 Å². The van der Waals surface area contributed by atoms with Crippen molar-refractivity contribution in [2.75, 3.05) is 5.75 Å². The van der Waals surface area contributed by atoms with Gasteiger partial charge < -0.3 is 0 Å². The predicted molar refractivity (Wildman–Crippen MR) is 76.1 cm³/mol. The van der Waals surface area contributed by atoms with Gasteiger partial charge in [0, 0.05) is 16.7 Å². The molecule has 6 heteroatoms. The lowest BCUT2D eigenvalue weighted by atomic mass is 10.1. The standard InChI is InChI=1S/C14H11ClF3NS/c1-2-20-12-6-4-3-5-10(12)13-11(15)7-9(8-19-13)14(16,17)18/h3-8H,2H2,1H3. The third-order valence-electron chi connectivity index (χ3n) is 2.61. The van der Waals surface area contributed by atoms with E-state index in [1.807, 2.05) is 25.1 Å². The zero-order valence-electron chi connectivity index (χ0n) is 10.5. The van der Waals surface area contributed by atoms with Crippen molar-refractivity contribution in [1.82, 2.24) is 4.98 Å². The first-order valence-corrected chi connectivity index (χ1v) is 7.24. The van der Waals surface area contributed by atoms with E-state index in [4.69, 9.17) is 11.6 Å². The van der Waals surface area contributed by atoms with E-state index in [1.165, 1.54) is 0 Å². The third kappa shape index (κ3) is 3.27. The van der Waals surface area contributed by atoms with Crippen molar-refractivity contribution in [3.8, 4) is 11.3 Å². The third-order valence-corrected chi connectivity index (χ3v) is 3.85. The maximum Gasteiger partial charge on any atom is 0.417 e. The van der Waals surface area contributed by atoms with Gasteiger partial charge in [-0.15, -0.1) is 11.8 Å². The Morgan fingerprint density at radius 1 is 1.25 bits per heavy atom. The van der Waals surface area contributed by atoms with Crippen LogP contribution in [0.4, 0.5) is 13.2 Å². The van der Waals surface area contributed by atoms with Crippen molar-refractivity contribution in [1.29, 1.82) is 0 Å². The molecule has 0 saturated carbocycles. The summed E-state index contributed by atoms with van der Waals surface area (Å²) in [6.45, 7) is 2.00. The Bertz CT molecular complexity index is 614. The van der Waals surface area contributed by atoms with Gasteiger partial charge in [-0.1, -0.05) is 36.7 Å². The van der Waals surface area contributed by atoms with Crippen molar-refractivity contribution in [2.24, 2.45) is 0 Å². The van der Waals surface area contributed by atoms with E-state index < -0.39 is 11.7 Å². The van der Waals surface area contributed by atoms with Crippen LogP contribution < -0.4 is 0 Å². The molecule has 0 bridgehead atoms. The van der Waals surface area contributed by atoms with Gasteiger partial charge in [0.15, 0.2) is 0 Å². The molecule has 0 amide bonds. The molecule has 1 nitrogen and oxygen atoms in total. The van der Waals surface area contributed by atoms with Crippen LogP contribution in [0.3, 0.4) is 0 Å². The quantitative estimate of drug-likeness (QED) is 0.690. The van der Waals surface area contributed by atoms with E-state index in [1.54, 1.807) is 17.8 Å². The van der Waals surface area contributed by atoms with Gasteiger partial charge in [-0.2, -0.15) is 13.2 Å². The molecule has 106 valence electrons. The lowest BCUT2D eigenvalue weighted by Gasteiger charge is -2.11. The smallest absolute Gasteiger partial charge is 0.254 e. The molecule has 1 aromatic heterocycles. The molecule has 0 aliphatic carbocycles. The zero-order valence-corrected chi connectivity index (χ0v) is 12.1. The Morgan fingerprint density at radius 2 is 1.95 bits per heavy atom. The molecule has 0 saturated heterocycles. The van der Waals surface area contributed by atoms with Gasteiger partial charge in [0.2, 0.25) is 0 Å². The van der Waals surface area contributed by atoms with Crippen LogP contribution in [-0.4, -0.2) is 10.7 Å². The first-order valence-electron chi connectivity index (χ1n) is 5.88. The van der Waals surface area contributed by atoms with Crippen LogP contribution in [0.1, 0.15) is 12.5 Å². The van der Waals surface area contributed by atoms with Gasteiger partial charge >= 0.3 is 6.18 Å². The van der Waals surface area contributed by atoms with E-state index in [0.717, 1.165) is 28.5 Å². The van der Waals surface area contributed by atoms with Crippen LogP contribution in [0, 0.1) is 0 Å². The number of benzene rings is 1. The molecule has 0 unspecified atom stereocenters. The lowest BCUT2D eigenvalue weighted by molar-refractivity contribution is -0.137. The fraction of sp³-hybridized carbons (Fsp3) is 0.214. The first-order chi connectivity index (χ1) is 9.43. The predicted octanol–water partition coefficient (Wildman–Crippen LogP) is 5.53. The summed E-state index contributed by atoms with van der Waals surface area (Å²) in [5, 5.41) is 0.00368. The molecule has 0 aliphatic heterocycles. The van der Waals surface area contributed by atoms with Crippen LogP contribution in [0.25, 0.3) is 11.3 Å². The van der Waals surface area contributed by atoms with Crippen molar-refractivity contribution in [3.63, 3.8) is 0 Å². The van der Waals surface area contributed by atoms with Gasteiger partial charge in [0.05, 0.1) is 16.3 Å². The Balaban J connectivity index is 2.49. The summed E-state index contributed by atoms with van der Waals surface area (Å²) >= 11 is 7.56. The van der Waals surface area contributed by atoms with Crippen molar-refractivity contribution in [2.45, 2.75) is 18.0 Å². The second-order valence-electron chi connectivity index (χ2n) is 3.98. The maximum absolute atomic E-state index is 12.6. The van der Waals surface area contributed by atoms with Gasteiger partial charge in [-0.25, -0.2) is 0 Å². The number of halogens is 4. The van der Waals surface area contributed by atoms with Crippen molar-refractivity contribution in [3.05, 3.63) is 47.1 Å². The van der Waals surface area contributed by atoms with E-state index >= 15 is 0 Å². The fourth-order valence-electron chi connectivity index (χ4n) is 1.73. The number of hydrogen-bond acceptors (Lipinski definition) is 2. The van der Waals surface area contributed by atoms with Crippen LogP contribution >= 0.6 is 23.4 Å². The summed E-state index contributed by atoms with van der Waals surface area (Å²) in [5.74, 6) is 0.856. The lowest BCUT2D eigenvalue weighted by Crippen LogP contribution is -2.05. The summed E-state index contributed by atoms with van der Waals surface area (Å²) in [4.78, 5) is 4.84. The second kappa shape index (κ2) is 6.06. The number of thioether (sulfide) groups is 1. The number of aromatic nitrogens is 1. The molecule has 2 aromatic rings. The first kappa shape index (κ1) is 15.2. The molecule has 0 spiro atoms. The van der Waals surface area contributed by atoms with Crippen molar-refractivity contribution >= 4 is 23.4 Å². The molecule has 2 rings (SSSR count). The molecule has 0 aliphatic rings. The van der Waals surface area contributed by atoms with E-state index in [9.17, 15) is 13.2 Å². The monoisotopic (exact) mass is 317 g/mol. The number of hydrogen-bond donors (Lipinski definition) is 0. The van der Waals surface area contributed by atoms with Crippen LogP contribution in [0.15, 0.2) is 41.4 Å². The summed E-state index contributed by atoms with van der Waals surface area (Å²) in [6, 6.07) is 8.31. The molecule has 20 heavy (non-hydrogen) atoms. The number of nitrogens with zero attached hydrogens (tertiary/aromatic N) is 1. The molecule has 1 aromatic carbocycles. The van der Waals surface area contributed by atoms with Crippen LogP contribution in [-0.2, 0) is 6.18 Å². The summed E-state index contributed by atoms with van der Waals surface area (Å²) in [6.07, 6.45) is -3.62. The Kier molecular flexibility index (Phi) is 4.60. The highest BCUT2D eigenvalue weighted by Gasteiger charge is 2.31. The van der Waals surface area contributed by atoms with E-state index in [0.29, 0.717) is 5.69 Å². The Morgan fingerprint density at radius 3 is 2.55 bits per heavy atom. The second-order valence-corrected chi connectivity index (χ2v) is 5.69. The molecule has 0 fully saturated rings. The SMILES string of the molecule is CCSc1ccccc1-c1ncc(C(F)(F)F)cc1Cl. The van der Waals surface area contributed by atoms with Crippen LogP contribution in [0.5, 0.6) is 0 Å². The Labute approximate surface area is 124 Å². The number of pyridine rings is 1. The topological polar surface area (TPSA) is 12.9 Å². The molecule has 0 atom stereocenters. The largest absolute Gasteiger partial charge is 0.417 e. The summed E-state index contributed by atoms with van der Waals surface area (Å²) < 4.78 is 37.8. The molecular weight excluding hydrogens is 307 g/mol. The highest BCUT2D eigenvalue weighted by Crippen LogP contribution is 2.37. The van der Waals surface area contributed by atoms with Gasteiger partial charge in [0.25, 0.3) is 0 Å². The summed E-state index contributed by atoms with van der Waals surface area (Å²) in [5.41, 5.74) is 0.279. The minimum Gasteiger partial charge on any atom is -0.254 e. The molecule has 0 N–H and O–H groups in total. The Hall–Kier alpha value is -1.20. The summed E-state index contributed by atoms with van der Waals surface area (Å²) in [7, 11) is 0. The minimum absolute atomic E-state index is 0.00368. The fourth-order valence-corrected chi connectivity index (χ4v) is 2.81. The van der Waals surface area contributed by atoms with Crippen molar-refractivity contribution < 1.29 is 13.2 Å². The minimum atomic E-state index is -4.44. The zero-order chi connectivity index (χ0) is 14.8. The normalized spacial score (nSPS) is 11.7. The molecule has 1 heterocycles. The average molecular weight is 318 g/mol. The maximum atomic E-state index is 12.6. The highest BCUT2D eigenvalue weighted by atomic mass is 35.5. The van der Waals surface area contributed by atoms with Gasteiger partial charge in [0.1, 0.15) is 0 Å². The average Bonchev–Trinajstić information content (AvgIpc) is 2.39. The highest BCUT2D eigenvalue weighted by molar-refractivity contribution is 7.99.